The van der Waals surface area contributed by atoms with Gasteiger partial charge in [0.25, 0.3) is 0 Å². The number of nitrogens with zero attached hydrogens (tertiary/aromatic N) is 3. The molecule has 0 aliphatic carbocycles. The molecule has 4 rings (SSSR count). The Hall–Kier alpha value is -2.35. The number of thiazole rings is 1. The topological polar surface area (TPSA) is 63.7 Å². The number of halogens is 1. The number of ether oxygens (including phenoxy) is 1. The Morgan fingerprint density at radius 3 is 2.70 bits per heavy atom. The summed E-state index contributed by atoms with van der Waals surface area (Å²) in [5, 5.41) is 11.6. The molecule has 1 N–H and O–H groups in total. The molecule has 2 aromatic heterocycles. The SMILES string of the molecule is COc1ccc(-c2nc(SCc3csc(-c4ccccc4Cl)n3)n[nH]2)cc1. The molecule has 0 spiro atoms. The Morgan fingerprint density at radius 1 is 1.11 bits per heavy atom. The number of hydrogen-bond donors (Lipinski definition) is 1. The van der Waals surface area contributed by atoms with Crippen molar-refractivity contribution in [3.8, 4) is 27.7 Å². The molecule has 0 unspecified atom stereocenters. The fourth-order valence-corrected chi connectivity index (χ4v) is 4.40. The monoisotopic (exact) mass is 414 g/mol. The summed E-state index contributed by atoms with van der Waals surface area (Å²) >= 11 is 9.38. The van der Waals surface area contributed by atoms with Gasteiger partial charge in [-0.15, -0.1) is 16.4 Å². The van der Waals surface area contributed by atoms with E-state index in [1.807, 2.05) is 53.9 Å². The minimum Gasteiger partial charge on any atom is -0.497 e. The van der Waals surface area contributed by atoms with Gasteiger partial charge >= 0.3 is 0 Å². The molecule has 0 aliphatic rings. The zero-order valence-electron chi connectivity index (χ0n) is 14.3. The van der Waals surface area contributed by atoms with Crippen molar-refractivity contribution in [3.63, 3.8) is 0 Å². The second-order valence-electron chi connectivity index (χ2n) is 5.61. The van der Waals surface area contributed by atoms with E-state index in [4.69, 9.17) is 16.3 Å². The molecule has 0 atom stereocenters. The maximum Gasteiger partial charge on any atom is 0.209 e. The Kier molecular flexibility index (Phi) is 5.42. The summed E-state index contributed by atoms with van der Waals surface area (Å²) in [6.45, 7) is 0. The predicted molar refractivity (Wildman–Crippen MR) is 110 cm³/mol. The lowest BCUT2D eigenvalue weighted by Crippen LogP contribution is -1.84. The second kappa shape index (κ2) is 8.12. The number of aromatic amines is 1. The second-order valence-corrected chi connectivity index (χ2v) is 7.82. The summed E-state index contributed by atoms with van der Waals surface area (Å²) in [4.78, 5) is 9.21. The normalized spacial score (nSPS) is 10.9. The van der Waals surface area contributed by atoms with Gasteiger partial charge in [0.15, 0.2) is 5.82 Å². The van der Waals surface area contributed by atoms with Gasteiger partial charge < -0.3 is 4.74 Å². The summed E-state index contributed by atoms with van der Waals surface area (Å²) < 4.78 is 5.17. The Bertz CT molecular complexity index is 1050. The molecular weight excluding hydrogens is 400 g/mol. The van der Waals surface area contributed by atoms with E-state index in [1.54, 1.807) is 30.2 Å². The van der Waals surface area contributed by atoms with Gasteiger partial charge in [-0.1, -0.05) is 41.6 Å². The third kappa shape index (κ3) is 4.16. The highest BCUT2D eigenvalue weighted by Gasteiger charge is 2.11. The standard InChI is InChI=1S/C19H15ClN4OS2/c1-25-14-8-6-12(7-9-14)17-22-19(24-23-17)27-11-13-10-26-18(21-13)15-4-2-3-5-16(15)20/h2-10H,11H2,1H3,(H,22,23,24). The first-order chi connectivity index (χ1) is 13.2. The minimum atomic E-state index is 0.688. The van der Waals surface area contributed by atoms with Crippen molar-refractivity contribution in [2.45, 2.75) is 10.9 Å². The van der Waals surface area contributed by atoms with Crippen molar-refractivity contribution in [1.29, 1.82) is 0 Å². The average molecular weight is 415 g/mol. The van der Waals surface area contributed by atoms with Crippen LogP contribution in [0.15, 0.2) is 59.1 Å². The Morgan fingerprint density at radius 2 is 1.93 bits per heavy atom. The number of rotatable bonds is 6. The average Bonchev–Trinajstić information content (AvgIpc) is 3.36. The van der Waals surface area contributed by atoms with E-state index < -0.39 is 0 Å². The first kappa shape index (κ1) is 18.0. The smallest absolute Gasteiger partial charge is 0.209 e. The van der Waals surface area contributed by atoms with Gasteiger partial charge in [0.1, 0.15) is 10.8 Å². The van der Waals surface area contributed by atoms with Crippen molar-refractivity contribution in [2.24, 2.45) is 0 Å². The summed E-state index contributed by atoms with van der Waals surface area (Å²) in [7, 11) is 1.65. The van der Waals surface area contributed by atoms with Gasteiger partial charge in [-0.05, 0) is 30.3 Å². The first-order valence-corrected chi connectivity index (χ1v) is 10.4. The number of methoxy groups -OCH3 is 1. The van der Waals surface area contributed by atoms with E-state index in [0.717, 1.165) is 33.4 Å². The van der Waals surface area contributed by atoms with E-state index in [0.29, 0.717) is 15.9 Å². The van der Waals surface area contributed by atoms with Gasteiger partial charge in [0.2, 0.25) is 5.16 Å². The van der Waals surface area contributed by atoms with Crippen molar-refractivity contribution in [3.05, 3.63) is 64.6 Å². The predicted octanol–water partition coefficient (Wildman–Crippen LogP) is 5.55. The number of aromatic nitrogens is 4. The molecule has 0 radical (unpaired) electrons. The minimum absolute atomic E-state index is 0.688. The molecule has 0 bridgehead atoms. The molecule has 2 aromatic carbocycles. The van der Waals surface area contributed by atoms with Crippen LogP contribution in [0.4, 0.5) is 0 Å². The van der Waals surface area contributed by atoms with E-state index in [9.17, 15) is 0 Å². The third-order valence-electron chi connectivity index (χ3n) is 3.83. The highest BCUT2D eigenvalue weighted by molar-refractivity contribution is 7.98. The molecule has 8 heteroatoms. The van der Waals surface area contributed by atoms with Crippen LogP contribution in [0.1, 0.15) is 5.69 Å². The van der Waals surface area contributed by atoms with E-state index in [2.05, 4.69) is 20.2 Å². The fourth-order valence-electron chi connectivity index (χ4n) is 2.46. The fraction of sp³-hybridized carbons (Fsp3) is 0.105. The summed E-state index contributed by atoms with van der Waals surface area (Å²) in [5.74, 6) is 2.24. The number of nitrogens with one attached hydrogen (secondary N) is 1. The maximum absolute atomic E-state index is 6.25. The molecule has 0 saturated heterocycles. The van der Waals surface area contributed by atoms with Crippen molar-refractivity contribution in [1.82, 2.24) is 20.2 Å². The van der Waals surface area contributed by atoms with Crippen LogP contribution >= 0.6 is 34.7 Å². The Labute approximate surface area is 169 Å². The largest absolute Gasteiger partial charge is 0.497 e. The molecule has 2 heterocycles. The number of thioether (sulfide) groups is 1. The molecule has 0 saturated carbocycles. The van der Waals surface area contributed by atoms with Crippen molar-refractivity contribution in [2.75, 3.05) is 7.11 Å². The van der Waals surface area contributed by atoms with Gasteiger partial charge in [0, 0.05) is 22.3 Å². The molecule has 27 heavy (non-hydrogen) atoms. The number of benzene rings is 2. The lowest BCUT2D eigenvalue weighted by Gasteiger charge is -1.99. The van der Waals surface area contributed by atoms with Gasteiger partial charge in [-0.25, -0.2) is 9.97 Å². The molecule has 0 aliphatic heterocycles. The van der Waals surface area contributed by atoms with E-state index in [-0.39, 0.29) is 0 Å². The van der Waals surface area contributed by atoms with Crippen LogP contribution in [-0.2, 0) is 5.75 Å². The zero-order chi connectivity index (χ0) is 18.6. The van der Waals surface area contributed by atoms with Crippen LogP contribution in [0.5, 0.6) is 5.75 Å². The highest BCUT2D eigenvalue weighted by atomic mass is 35.5. The van der Waals surface area contributed by atoms with Crippen LogP contribution in [0, 0.1) is 0 Å². The van der Waals surface area contributed by atoms with Gasteiger partial charge in [-0.3, -0.25) is 5.10 Å². The molecule has 0 fully saturated rings. The summed E-state index contributed by atoms with van der Waals surface area (Å²) in [5.41, 5.74) is 2.90. The van der Waals surface area contributed by atoms with E-state index in [1.165, 1.54) is 0 Å². The van der Waals surface area contributed by atoms with Gasteiger partial charge in [-0.2, -0.15) is 0 Å². The van der Waals surface area contributed by atoms with Crippen LogP contribution in [0.25, 0.3) is 22.0 Å². The van der Waals surface area contributed by atoms with Crippen LogP contribution < -0.4 is 4.74 Å². The molecular formula is C19H15ClN4OS2. The summed E-state index contributed by atoms with van der Waals surface area (Å²) in [6, 6.07) is 15.4. The molecule has 0 amide bonds. The molecule has 5 nitrogen and oxygen atoms in total. The molecule has 136 valence electrons. The Balaban J connectivity index is 1.42. The number of H-pyrrole nitrogens is 1. The zero-order valence-corrected chi connectivity index (χ0v) is 16.7. The van der Waals surface area contributed by atoms with Gasteiger partial charge in [0.05, 0.1) is 17.8 Å². The van der Waals surface area contributed by atoms with Crippen LogP contribution in [0.3, 0.4) is 0 Å². The lowest BCUT2D eigenvalue weighted by atomic mass is 10.2. The van der Waals surface area contributed by atoms with Crippen LogP contribution in [-0.4, -0.2) is 27.3 Å². The van der Waals surface area contributed by atoms with Crippen LogP contribution in [0.2, 0.25) is 5.02 Å². The quantitative estimate of drug-likeness (QED) is 0.419. The molecule has 4 aromatic rings. The third-order valence-corrected chi connectivity index (χ3v) is 5.97. The maximum atomic E-state index is 6.25. The van der Waals surface area contributed by atoms with Crippen molar-refractivity contribution < 1.29 is 4.74 Å². The highest BCUT2D eigenvalue weighted by Crippen LogP contribution is 2.31. The lowest BCUT2D eigenvalue weighted by molar-refractivity contribution is 0.415. The van der Waals surface area contributed by atoms with Crippen molar-refractivity contribution >= 4 is 34.7 Å². The van der Waals surface area contributed by atoms with E-state index >= 15 is 0 Å². The first-order valence-electron chi connectivity index (χ1n) is 8.12. The number of hydrogen-bond acceptors (Lipinski definition) is 6. The summed E-state index contributed by atoms with van der Waals surface area (Å²) in [6.07, 6.45) is 0.